The number of rotatable bonds is 4. The Kier molecular flexibility index (Phi) is 3.11. The van der Waals surface area contributed by atoms with Crippen molar-refractivity contribution in [2.24, 2.45) is 0 Å². The van der Waals surface area contributed by atoms with E-state index in [2.05, 4.69) is 5.38 Å². The summed E-state index contributed by atoms with van der Waals surface area (Å²) in [4.78, 5) is 0. The molecule has 0 saturated heterocycles. The highest BCUT2D eigenvalue weighted by molar-refractivity contribution is 7.08. The first kappa shape index (κ1) is 10.3. The standard InChI is InChI=1S/C12H13O2S/c1-3-13-11-6-5-9-7-15-8-10(9)12(11)14-4-2/h5-6,8H,3-4H2,1-2H3. The molecule has 1 aromatic heterocycles. The van der Waals surface area contributed by atoms with Gasteiger partial charge in [0.05, 0.1) is 18.6 Å². The summed E-state index contributed by atoms with van der Waals surface area (Å²) < 4.78 is 11.2. The highest BCUT2D eigenvalue weighted by Crippen LogP contribution is 2.37. The second-order valence-electron chi connectivity index (χ2n) is 3.06. The number of hydrogen-bond donors (Lipinski definition) is 0. The highest BCUT2D eigenvalue weighted by Gasteiger charge is 2.10. The van der Waals surface area contributed by atoms with Gasteiger partial charge in [0.2, 0.25) is 0 Å². The number of fused-ring (bicyclic) bond motifs is 1. The number of thiophene rings is 1. The normalized spacial score (nSPS) is 10.5. The molecule has 1 heterocycles. The maximum Gasteiger partial charge on any atom is 0.169 e. The molecule has 0 fully saturated rings. The third-order valence-corrected chi connectivity index (χ3v) is 2.79. The molecule has 2 rings (SSSR count). The number of hydrogen-bond acceptors (Lipinski definition) is 3. The quantitative estimate of drug-likeness (QED) is 0.786. The van der Waals surface area contributed by atoms with E-state index in [0.29, 0.717) is 13.2 Å². The molecule has 0 unspecified atom stereocenters. The van der Waals surface area contributed by atoms with Crippen LogP contribution in [0.4, 0.5) is 0 Å². The molecule has 3 heteroatoms. The van der Waals surface area contributed by atoms with Crippen molar-refractivity contribution in [3.05, 3.63) is 22.9 Å². The third-order valence-electron chi connectivity index (χ3n) is 2.09. The molecule has 15 heavy (non-hydrogen) atoms. The lowest BCUT2D eigenvalue weighted by Gasteiger charge is -2.11. The van der Waals surface area contributed by atoms with Gasteiger partial charge in [0.1, 0.15) is 0 Å². The van der Waals surface area contributed by atoms with Gasteiger partial charge in [-0.15, -0.1) is 11.3 Å². The molecule has 0 saturated carbocycles. The third kappa shape index (κ3) is 1.92. The fraction of sp³-hybridized carbons (Fsp3) is 0.333. The van der Waals surface area contributed by atoms with E-state index < -0.39 is 0 Å². The Balaban J connectivity index is 2.53. The van der Waals surface area contributed by atoms with Crippen molar-refractivity contribution < 1.29 is 9.47 Å². The zero-order valence-electron chi connectivity index (χ0n) is 8.87. The van der Waals surface area contributed by atoms with Gasteiger partial charge in [-0.3, -0.25) is 0 Å². The van der Waals surface area contributed by atoms with Crippen LogP contribution >= 0.6 is 11.3 Å². The van der Waals surface area contributed by atoms with Crippen LogP contribution in [0.1, 0.15) is 13.8 Å². The Bertz CT molecular complexity index is 448. The van der Waals surface area contributed by atoms with Gasteiger partial charge >= 0.3 is 0 Å². The average molecular weight is 221 g/mol. The molecule has 0 N–H and O–H groups in total. The molecule has 79 valence electrons. The van der Waals surface area contributed by atoms with Crippen molar-refractivity contribution in [2.75, 3.05) is 13.2 Å². The van der Waals surface area contributed by atoms with E-state index in [0.717, 1.165) is 22.3 Å². The molecule has 0 amide bonds. The molecule has 0 atom stereocenters. The fourth-order valence-electron chi connectivity index (χ4n) is 1.50. The SMILES string of the molecule is CCOc1ccc2[c]scc2c1OCC. The summed E-state index contributed by atoms with van der Waals surface area (Å²) in [6, 6.07) is 3.96. The summed E-state index contributed by atoms with van der Waals surface area (Å²) in [5.41, 5.74) is 0. The molecular formula is C12H13O2S. The van der Waals surface area contributed by atoms with Crippen LogP contribution in [0.3, 0.4) is 0 Å². The Morgan fingerprint density at radius 2 is 2.00 bits per heavy atom. The smallest absolute Gasteiger partial charge is 0.169 e. The van der Waals surface area contributed by atoms with Crippen molar-refractivity contribution in [3.63, 3.8) is 0 Å². The molecule has 2 aromatic rings. The predicted molar refractivity (Wildman–Crippen MR) is 63.0 cm³/mol. The van der Waals surface area contributed by atoms with Crippen molar-refractivity contribution in [3.8, 4) is 11.5 Å². The first-order valence-corrected chi connectivity index (χ1v) is 5.92. The zero-order valence-corrected chi connectivity index (χ0v) is 9.69. The topological polar surface area (TPSA) is 18.5 Å². The van der Waals surface area contributed by atoms with E-state index in [1.54, 1.807) is 11.3 Å². The Morgan fingerprint density at radius 3 is 2.73 bits per heavy atom. The van der Waals surface area contributed by atoms with Gasteiger partial charge in [0, 0.05) is 16.2 Å². The summed E-state index contributed by atoms with van der Waals surface area (Å²) >= 11 is 1.56. The minimum absolute atomic E-state index is 0.648. The van der Waals surface area contributed by atoms with Crippen LogP contribution < -0.4 is 9.47 Å². The van der Waals surface area contributed by atoms with Gasteiger partial charge in [-0.25, -0.2) is 0 Å². The molecular weight excluding hydrogens is 208 g/mol. The second-order valence-corrected chi connectivity index (χ2v) is 3.73. The van der Waals surface area contributed by atoms with Crippen LogP contribution in [0.5, 0.6) is 11.5 Å². The average Bonchev–Trinajstić information content (AvgIpc) is 2.70. The molecule has 0 aliphatic rings. The van der Waals surface area contributed by atoms with E-state index in [1.165, 1.54) is 0 Å². The Labute approximate surface area is 93.4 Å². The molecule has 0 aliphatic heterocycles. The predicted octanol–water partition coefficient (Wildman–Crippen LogP) is 3.50. The van der Waals surface area contributed by atoms with Gasteiger partial charge in [-0.2, -0.15) is 0 Å². The molecule has 0 bridgehead atoms. The maximum atomic E-state index is 5.62. The minimum atomic E-state index is 0.648. The zero-order chi connectivity index (χ0) is 10.7. The molecule has 1 aromatic carbocycles. The van der Waals surface area contributed by atoms with Crippen molar-refractivity contribution in [2.45, 2.75) is 13.8 Å². The van der Waals surface area contributed by atoms with E-state index >= 15 is 0 Å². The van der Waals surface area contributed by atoms with Gasteiger partial charge < -0.3 is 9.47 Å². The fourth-order valence-corrected chi connectivity index (χ4v) is 2.22. The van der Waals surface area contributed by atoms with Crippen LogP contribution in [-0.4, -0.2) is 13.2 Å². The molecule has 1 radical (unpaired) electrons. The second kappa shape index (κ2) is 4.53. The molecule has 0 aliphatic carbocycles. The van der Waals surface area contributed by atoms with Crippen LogP contribution in [0.25, 0.3) is 10.8 Å². The van der Waals surface area contributed by atoms with Gasteiger partial charge in [0.25, 0.3) is 0 Å². The van der Waals surface area contributed by atoms with E-state index in [9.17, 15) is 0 Å². The summed E-state index contributed by atoms with van der Waals surface area (Å²) in [7, 11) is 0. The van der Waals surface area contributed by atoms with Crippen LogP contribution in [0.2, 0.25) is 0 Å². The highest BCUT2D eigenvalue weighted by atomic mass is 32.1. The summed E-state index contributed by atoms with van der Waals surface area (Å²) in [6.07, 6.45) is 0. The van der Waals surface area contributed by atoms with E-state index in [4.69, 9.17) is 9.47 Å². The van der Waals surface area contributed by atoms with Crippen LogP contribution in [-0.2, 0) is 0 Å². The Hall–Kier alpha value is -1.22. The van der Waals surface area contributed by atoms with Crippen LogP contribution in [0, 0.1) is 5.38 Å². The van der Waals surface area contributed by atoms with Crippen molar-refractivity contribution >= 4 is 22.1 Å². The number of benzene rings is 1. The first-order chi connectivity index (χ1) is 7.36. The van der Waals surface area contributed by atoms with Crippen LogP contribution in [0.15, 0.2) is 17.5 Å². The lowest BCUT2D eigenvalue weighted by atomic mass is 10.2. The summed E-state index contributed by atoms with van der Waals surface area (Å²) in [5.74, 6) is 1.66. The van der Waals surface area contributed by atoms with Gasteiger partial charge in [0.15, 0.2) is 11.5 Å². The lowest BCUT2D eigenvalue weighted by molar-refractivity contribution is 0.291. The largest absolute Gasteiger partial charge is 0.490 e. The number of ether oxygens (including phenoxy) is 2. The van der Waals surface area contributed by atoms with E-state index in [-0.39, 0.29) is 0 Å². The first-order valence-electron chi connectivity index (χ1n) is 5.04. The summed E-state index contributed by atoms with van der Waals surface area (Å²) in [6.45, 7) is 5.25. The summed E-state index contributed by atoms with van der Waals surface area (Å²) in [5, 5.41) is 7.42. The maximum absolute atomic E-state index is 5.62. The van der Waals surface area contributed by atoms with Crippen molar-refractivity contribution in [1.29, 1.82) is 0 Å². The molecule has 2 nitrogen and oxygen atoms in total. The minimum Gasteiger partial charge on any atom is -0.490 e. The van der Waals surface area contributed by atoms with E-state index in [1.807, 2.05) is 31.4 Å². The van der Waals surface area contributed by atoms with Crippen molar-refractivity contribution in [1.82, 2.24) is 0 Å². The van der Waals surface area contributed by atoms with Gasteiger partial charge in [-0.05, 0) is 26.0 Å². The lowest BCUT2D eigenvalue weighted by Crippen LogP contribution is -1.98. The monoisotopic (exact) mass is 221 g/mol. The Morgan fingerprint density at radius 1 is 1.20 bits per heavy atom. The van der Waals surface area contributed by atoms with Gasteiger partial charge in [-0.1, -0.05) is 0 Å². The molecule has 0 spiro atoms.